The topological polar surface area (TPSA) is 47.6 Å². The van der Waals surface area contributed by atoms with E-state index in [-0.39, 0.29) is 0 Å². The van der Waals surface area contributed by atoms with Crippen molar-refractivity contribution in [3.05, 3.63) is 42.5 Å². The van der Waals surface area contributed by atoms with Crippen LogP contribution in [0.25, 0.3) is 5.57 Å². The maximum Gasteiger partial charge on any atom is 0.158 e. The van der Waals surface area contributed by atoms with Gasteiger partial charge in [-0.15, -0.1) is 0 Å². The molecule has 2 nitrogen and oxygen atoms in total. The quantitative estimate of drug-likeness (QED) is 0.680. The van der Waals surface area contributed by atoms with Gasteiger partial charge in [-0.2, -0.15) is 10.5 Å². The van der Waals surface area contributed by atoms with Gasteiger partial charge in [-0.25, -0.2) is 0 Å². The van der Waals surface area contributed by atoms with Crippen molar-refractivity contribution in [3.8, 4) is 12.1 Å². The normalized spacial score (nSPS) is 8.85. The molecule has 0 aliphatic carbocycles. The number of hydrogen-bond acceptors (Lipinski definition) is 2. The standard InChI is InChI=1S/C11H8N2/c1-9(11(7-12)8-13)10-5-3-2-4-6-10/h2-6,11H,1H2. The fourth-order valence-corrected chi connectivity index (χ4v) is 1.00. The fourth-order valence-electron chi connectivity index (χ4n) is 1.00. The van der Waals surface area contributed by atoms with E-state index in [2.05, 4.69) is 6.58 Å². The SMILES string of the molecule is C=C(c1ccccc1)C(C#N)C#N. The summed E-state index contributed by atoms with van der Waals surface area (Å²) in [4.78, 5) is 0. The summed E-state index contributed by atoms with van der Waals surface area (Å²) in [5.74, 6) is -0.748. The largest absolute Gasteiger partial charge is 0.196 e. The van der Waals surface area contributed by atoms with E-state index in [1.165, 1.54) is 0 Å². The van der Waals surface area contributed by atoms with Crippen LogP contribution in [0.3, 0.4) is 0 Å². The third-order valence-electron chi connectivity index (χ3n) is 1.75. The molecule has 0 radical (unpaired) electrons. The predicted octanol–water partition coefficient (Wildman–Crippen LogP) is 2.36. The van der Waals surface area contributed by atoms with E-state index in [1.807, 2.05) is 42.5 Å². The molecule has 0 bridgehead atoms. The number of allylic oxidation sites excluding steroid dienone is 1. The molecule has 2 heteroatoms. The summed E-state index contributed by atoms with van der Waals surface area (Å²) in [5.41, 5.74) is 1.40. The van der Waals surface area contributed by atoms with Crippen molar-refractivity contribution >= 4 is 5.57 Å². The third-order valence-corrected chi connectivity index (χ3v) is 1.75. The van der Waals surface area contributed by atoms with Crippen molar-refractivity contribution in [2.45, 2.75) is 0 Å². The van der Waals surface area contributed by atoms with Gasteiger partial charge in [0.25, 0.3) is 0 Å². The zero-order chi connectivity index (χ0) is 9.68. The number of benzene rings is 1. The average Bonchev–Trinajstić information content (AvgIpc) is 2.21. The van der Waals surface area contributed by atoms with Gasteiger partial charge in [-0.05, 0) is 11.1 Å². The minimum absolute atomic E-state index is 0.561. The first-order valence-electron chi connectivity index (χ1n) is 3.83. The molecular weight excluding hydrogens is 160 g/mol. The second kappa shape index (κ2) is 4.09. The highest BCUT2D eigenvalue weighted by atomic mass is 14.3. The molecule has 0 aliphatic rings. The van der Waals surface area contributed by atoms with Gasteiger partial charge < -0.3 is 0 Å². The van der Waals surface area contributed by atoms with Gasteiger partial charge in [0.2, 0.25) is 0 Å². The van der Waals surface area contributed by atoms with E-state index in [0.717, 1.165) is 5.56 Å². The van der Waals surface area contributed by atoms with Crippen molar-refractivity contribution in [2.24, 2.45) is 5.92 Å². The Morgan fingerprint density at radius 2 is 1.69 bits per heavy atom. The second-order valence-corrected chi connectivity index (χ2v) is 2.58. The maximum absolute atomic E-state index is 8.62. The smallest absolute Gasteiger partial charge is 0.158 e. The van der Waals surface area contributed by atoms with E-state index < -0.39 is 5.92 Å². The van der Waals surface area contributed by atoms with E-state index in [1.54, 1.807) is 0 Å². The molecular formula is C11H8N2. The molecule has 0 saturated heterocycles. The zero-order valence-electron chi connectivity index (χ0n) is 7.07. The minimum atomic E-state index is -0.748. The van der Waals surface area contributed by atoms with Gasteiger partial charge in [-0.1, -0.05) is 36.9 Å². The lowest BCUT2D eigenvalue weighted by molar-refractivity contribution is 1.12. The Hall–Kier alpha value is -2.06. The van der Waals surface area contributed by atoms with E-state index in [0.29, 0.717) is 5.57 Å². The van der Waals surface area contributed by atoms with Gasteiger partial charge in [0.05, 0.1) is 12.1 Å². The summed E-state index contributed by atoms with van der Waals surface area (Å²) in [5, 5.41) is 17.2. The van der Waals surface area contributed by atoms with Crippen LogP contribution in [0.5, 0.6) is 0 Å². The molecule has 0 heterocycles. The van der Waals surface area contributed by atoms with Crippen molar-refractivity contribution in [1.29, 1.82) is 10.5 Å². The van der Waals surface area contributed by atoms with Crippen molar-refractivity contribution in [1.82, 2.24) is 0 Å². The Kier molecular flexibility index (Phi) is 2.84. The van der Waals surface area contributed by atoms with Crippen LogP contribution in [-0.2, 0) is 0 Å². The molecule has 0 amide bonds. The van der Waals surface area contributed by atoms with Crippen molar-refractivity contribution < 1.29 is 0 Å². The van der Waals surface area contributed by atoms with Crippen LogP contribution >= 0.6 is 0 Å². The number of hydrogen-bond donors (Lipinski definition) is 0. The first-order valence-corrected chi connectivity index (χ1v) is 3.83. The highest BCUT2D eigenvalue weighted by Gasteiger charge is 2.11. The molecule has 0 spiro atoms. The monoisotopic (exact) mass is 168 g/mol. The molecule has 13 heavy (non-hydrogen) atoms. The number of rotatable bonds is 2. The lowest BCUT2D eigenvalue weighted by Crippen LogP contribution is -1.95. The van der Waals surface area contributed by atoms with Gasteiger partial charge >= 0.3 is 0 Å². The molecule has 0 aromatic heterocycles. The lowest BCUT2D eigenvalue weighted by atomic mass is 9.96. The van der Waals surface area contributed by atoms with Crippen LogP contribution in [0.2, 0.25) is 0 Å². The van der Waals surface area contributed by atoms with Gasteiger partial charge in [0, 0.05) is 0 Å². The van der Waals surface area contributed by atoms with Gasteiger partial charge in [0.15, 0.2) is 5.92 Å². The maximum atomic E-state index is 8.62. The number of nitriles is 2. The Morgan fingerprint density at radius 1 is 1.15 bits per heavy atom. The van der Waals surface area contributed by atoms with Crippen LogP contribution in [0.1, 0.15) is 5.56 Å². The molecule has 62 valence electrons. The van der Waals surface area contributed by atoms with Crippen LogP contribution in [0, 0.1) is 28.6 Å². The highest BCUT2D eigenvalue weighted by Crippen LogP contribution is 2.19. The Bertz CT molecular complexity index is 365. The van der Waals surface area contributed by atoms with E-state index in [9.17, 15) is 0 Å². The average molecular weight is 168 g/mol. The predicted molar refractivity (Wildman–Crippen MR) is 50.2 cm³/mol. The lowest BCUT2D eigenvalue weighted by Gasteiger charge is -2.03. The molecule has 1 aromatic carbocycles. The van der Waals surface area contributed by atoms with Crippen molar-refractivity contribution in [2.75, 3.05) is 0 Å². The highest BCUT2D eigenvalue weighted by molar-refractivity contribution is 5.69. The number of nitrogens with zero attached hydrogens (tertiary/aromatic N) is 2. The Morgan fingerprint density at radius 3 is 2.15 bits per heavy atom. The van der Waals surface area contributed by atoms with E-state index >= 15 is 0 Å². The summed E-state index contributed by atoms with van der Waals surface area (Å²) >= 11 is 0. The van der Waals surface area contributed by atoms with Gasteiger partial charge in [0.1, 0.15) is 0 Å². The second-order valence-electron chi connectivity index (χ2n) is 2.58. The summed E-state index contributed by atoms with van der Waals surface area (Å²) in [6.07, 6.45) is 0. The molecule has 0 unspecified atom stereocenters. The zero-order valence-corrected chi connectivity index (χ0v) is 7.07. The first-order chi connectivity index (χ1) is 6.29. The van der Waals surface area contributed by atoms with E-state index in [4.69, 9.17) is 10.5 Å². The summed E-state index contributed by atoms with van der Waals surface area (Å²) < 4.78 is 0. The summed E-state index contributed by atoms with van der Waals surface area (Å²) in [6.45, 7) is 3.72. The Balaban J connectivity index is 2.95. The molecule has 0 atom stereocenters. The summed E-state index contributed by atoms with van der Waals surface area (Å²) in [6, 6.07) is 13.0. The third kappa shape index (κ3) is 1.95. The fraction of sp³-hybridized carbons (Fsp3) is 0.0909. The van der Waals surface area contributed by atoms with Crippen LogP contribution in [0.4, 0.5) is 0 Å². The van der Waals surface area contributed by atoms with Crippen LogP contribution < -0.4 is 0 Å². The Labute approximate surface area is 77.4 Å². The molecule has 0 aliphatic heterocycles. The molecule has 0 N–H and O–H groups in total. The minimum Gasteiger partial charge on any atom is -0.196 e. The van der Waals surface area contributed by atoms with Crippen LogP contribution in [-0.4, -0.2) is 0 Å². The molecule has 0 fully saturated rings. The first kappa shape index (κ1) is 9.03. The molecule has 0 saturated carbocycles. The van der Waals surface area contributed by atoms with Gasteiger partial charge in [-0.3, -0.25) is 0 Å². The molecule has 1 rings (SSSR count). The van der Waals surface area contributed by atoms with Crippen LogP contribution in [0.15, 0.2) is 36.9 Å². The van der Waals surface area contributed by atoms with Crippen molar-refractivity contribution in [3.63, 3.8) is 0 Å². The summed E-state index contributed by atoms with van der Waals surface area (Å²) in [7, 11) is 0. The molecule has 1 aromatic rings.